The lowest BCUT2D eigenvalue weighted by atomic mass is 10.1. The van der Waals surface area contributed by atoms with Gasteiger partial charge in [-0.2, -0.15) is 0 Å². The molecule has 0 bridgehead atoms. The summed E-state index contributed by atoms with van der Waals surface area (Å²) in [7, 11) is 0. The van der Waals surface area contributed by atoms with Crippen LogP contribution in [0.4, 0.5) is 0 Å². The molecule has 0 radical (unpaired) electrons. The van der Waals surface area contributed by atoms with Gasteiger partial charge in [0.15, 0.2) is 0 Å². The van der Waals surface area contributed by atoms with Crippen molar-refractivity contribution in [2.45, 2.75) is 31.2 Å². The van der Waals surface area contributed by atoms with Gasteiger partial charge in [0, 0.05) is 15.9 Å². The summed E-state index contributed by atoms with van der Waals surface area (Å²) in [6.45, 7) is 2.17. The van der Waals surface area contributed by atoms with Crippen molar-refractivity contribution < 1.29 is 0 Å². The van der Waals surface area contributed by atoms with Crippen LogP contribution in [0.2, 0.25) is 0 Å². The Morgan fingerprint density at radius 1 is 1.43 bits per heavy atom. The largest absolute Gasteiger partial charge is 0.325 e. The molecule has 1 aromatic carbocycles. The quantitative estimate of drug-likeness (QED) is 0.879. The average molecular weight is 277 g/mol. The van der Waals surface area contributed by atoms with E-state index in [0.29, 0.717) is 5.92 Å². The molecule has 0 aliphatic heterocycles. The first-order chi connectivity index (χ1) is 6.15. The molecule has 0 amide bonds. The molecule has 1 saturated carbocycles. The van der Waals surface area contributed by atoms with Crippen LogP contribution in [0.25, 0.3) is 0 Å². The van der Waals surface area contributed by atoms with E-state index in [2.05, 4.69) is 47.1 Å². The lowest BCUT2D eigenvalue weighted by Gasteiger charge is -2.07. The third-order valence-corrected chi connectivity index (χ3v) is 3.58. The van der Waals surface area contributed by atoms with Crippen molar-refractivity contribution >= 4 is 28.3 Å². The summed E-state index contributed by atoms with van der Waals surface area (Å²) in [6, 6.07) is 8.51. The Balaban J connectivity index is 0.000000980. The summed E-state index contributed by atoms with van der Waals surface area (Å²) < 4.78 is 1.14. The number of hydrogen-bond acceptors (Lipinski definition) is 1. The fourth-order valence-electron chi connectivity index (χ4n) is 1.86. The smallest absolute Gasteiger partial charge is 0.0228 e. The van der Waals surface area contributed by atoms with Gasteiger partial charge in [-0.3, -0.25) is 0 Å². The molecular formula is C11H15BrClN. The summed E-state index contributed by atoms with van der Waals surface area (Å²) in [4.78, 5) is 0. The van der Waals surface area contributed by atoms with E-state index in [9.17, 15) is 0 Å². The van der Waals surface area contributed by atoms with Gasteiger partial charge in [-0.15, -0.1) is 12.4 Å². The molecule has 1 aliphatic rings. The molecule has 2 N–H and O–H groups in total. The van der Waals surface area contributed by atoms with Gasteiger partial charge in [-0.25, -0.2) is 0 Å². The van der Waals surface area contributed by atoms with Gasteiger partial charge >= 0.3 is 0 Å². The average Bonchev–Trinajstić information content (AvgIpc) is 2.81. The Kier molecular flexibility index (Phi) is 3.62. The molecule has 2 atom stereocenters. The van der Waals surface area contributed by atoms with Crippen molar-refractivity contribution in [2.24, 2.45) is 5.73 Å². The van der Waals surface area contributed by atoms with Crippen molar-refractivity contribution in [3.63, 3.8) is 0 Å². The van der Waals surface area contributed by atoms with Crippen molar-refractivity contribution in [1.29, 1.82) is 0 Å². The van der Waals surface area contributed by atoms with E-state index in [1.807, 2.05) is 0 Å². The fourth-order valence-corrected chi connectivity index (χ4v) is 2.12. The van der Waals surface area contributed by atoms with Crippen molar-refractivity contribution in [1.82, 2.24) is 0 Å². The first-order valence-corrected chi connectivity index (χ1v) is 5.49. The first-order valence-electron chi connectivity index (χ1n) is 4.70. The second-order valence-corrected chi connectivity index (χ2v) is 4.81. The molecule has 2 rings (SSSR count). The van der Waals surface area contributed by atoms with E-state index < -0.39 is 0 Å². The van der Waals surface area contributed by atoms with Gasteiger partial charge in [0.1, 0.15) is 0 Å². The van der Waals surface area contributed by atoms with Gasteiger partial charge in [0.05, 0.1) is 0 Å². The minimum atomic E-state index is 0. The Morgan fingerprint density at radius 3 is 2.43 bits per heavy atom. The molecule has 0 saturated heterocycles. The maximum Gasteiger partial charge on any atom is 0.0228 e. The van der Waals surface area contributed by atoms with E-state index in [-0.39, 0.29) is 17.9 Å². The molecular weight excluding hydrogens is 261 g/mol. The summed E-state index contributed by atoms with van der Waals surface area (Å²) in [5.74, 6) is 0.589. The normalized spacial score (nSPS) is 29.5. The molecule has 1 aromatic rings. The topological polar surface area (TPSA) is 26.0 Å². The molecule has 0 spiro atoms. The van der Waals surface area contributed by atoms with Crippen molar-refractivity contribution in [3.8, 4) is 0 Å². The lowest BCUT2D eigenvalue weighted by Crippen LogP contribution is -2.22. The SMILES string of the molecule is CCC1(N)CC1c1ccc(Br)cc1.Cl. The van der Waals surface area contributed by atoms with Crippen LogP contribution >= 0.6 is 28.3 Å². The highest BCUT2D eigenvalue weighted by atomic mass is 79.9. The summed E-state index contributed by atoms with van der Waals surface area (Å²) in [5, 5.41) is 0. The number of benzene rings is 1. The molecule has 0 heterocycles. The summed E-state index contributed by atoms with van der Waals surface area (Å²) >= 11 is 3.43. The highest BCUT2D eigenvalue weighted by Gasteiger charge is 2.49. The van der Waals surface area contributed by atoms with Crippen LogP contribution in [0.1, 0.15) is 31.2 Å². The molecule has 1 aliphatic carbocycles. The molecule has 78 valence electrons. The maximum absolute atomic E-state index is 6.15. The fraction of sp³-hybridized carbons (Fsp3) is 0.455. The van der Waals surface area contributed by atoms with Crippen LogP contribution < -0.4 is 5.73 Å². The summed E-state index contributed by atoms with van der Waals surface area (Å²) in [6.07, 6.45) is 2.22. The second-order valence-electron chi connectivity index (χ2n) is 3.89. The van der Waals surface area contributed by atoms with Gasteiger partial charge in [-0.05, 0) is 30.5 Å². The van der Waals surface area contributed by atoms with Crippen LogP contribution in [0.15, 0.2) is 28.7 Å². The van der Waals surface area contributed by atoms with E-state index >= 15 is 0 Å². The van der Waals surface area contributed by atoms with Crippen LogP contribution in [-0.4, -0.2) is 5.54 Å². The second kappa shape index (κ2) is 4.21. The molecule has 3 heteroatoms. The van der Waals surface area contributed by atoms with E-state index in [1.165, 1.54) is 5.56 Å². The van der Waals surface area contributed by atoms with Crippen LogP contribution in [-0.2, 0) is 0 Å². The molecule has 0 aromatic heterocycles. The maximum atomic E-state index is 6.15. The zero-order valence-corrected chi connectivity index (χ0v) is 10.6. The zero-order chi connectivity index (χ0) is 9.47. The first kappa shape index (κ1) is 12.0. The molecule has 14 heavy (non-hydrogen) atoms. The van der Waals surface area contributed by atoms with Crippen molar-refractivity contribution in [2.75, 3.05) is 0 Å². The Hall–Kier alpha value is -0.0500. The minimum Gasteiger partial charge on any atom is -0.325 e. The Morgan fingerprint density at radius 2 is 2.00 bits per heavy atom. The Bertz CT molecular complexity index is 312. The molecule has 2 unspecified atom stereocenters. The van der Waals surface area contributed by atoms with Crippen molar-refractivity contribution in [3.05, 3.63) is 34.3 Å². The minimum absolute atomic E-state index is 0. The predicted octanol–water partition coefficient (Wildman–Crippen LogP) is 3.47. The molecule has 1 fully saturated rings. The van der Waals surface area contributed by atoms with Gasteiger partial charge in [-0.1, -0.05) is 35.0 Å². The van der Waals surface area contributed by atoms with E-state index in [0.717, 1.165) is 17.3 Å². The number of nitrogens with two attached hydrogens (primary N) is 1. The number of rotatable bonds is 2. The molecule has 1 nitrogen and oxygen atoms in total. The highest BCUT2D eigenvalue weighted by molar-refractivity contribution is 9.10. The van der Waals surface area contributed by atoms with E-state index in [1.54, 1.807) is 0 Å². The van der Waals surface area contributed by atoms with Gasteiger partial charge in [0.25, 0.3) is 0 Å². The zero-order valence-electron chi connectivity index (χ0n) is 8.16. The highest BCUT2D eigenvalue weighted by Crippen LogP contribution is 2.51. The van der Waals surface area contributed by atoms with E-state index in [4.69, 9.17) is 5.73 Å². The third-order valence-electron chi connectivity index (χ3n) is 3.05. The third kappa shape index (κ3) is 2.13. The van der Waals surface area contributed by atoms with Gasteiger partial charge < -0.3 is 5.73 Å². The van der Waals surface area contributed by atoms with Gasteiger partial charge in [0.2, 0.25) is 0 Å². The lowest BCUT2D eigenvalue weighted by molar-refractivity contribution is 0.626. The monoisotopic (exact) mass is 275 g/mol. The van der Waals surface area contributed by atoms with Crippen LogP contribution in [0.3, 0.4) is 0 Å². The number of hydrogen-bond donors (Lipinski definition) is 1. The van der Waals surface area contributed by atoms with Crippen LogP contribution in [0.5, 0.6) is 0 Å². The van der Waals surface area contributed by atoms with Crippen LogP contribution in [0, 0.1) is 0 Å². The number of halogens is 2. The Labute approximate surface area is 99.6 Å². The summed E-state index contributed by atoms with van der Waals surface area (Å²) in [5.41, 5.74) is 7.62. The standard InChI is InChI=1S/C11H14BrN.ClH/c1-2-11(13)7-10(11)8-3-5-9(12)6-4-8;/h3-6,10H,2,7,13H2,1H3;1H. The predicted molar refractivity (Wildman–Crippen MR) is 66.0 cm³/mol.